The number of hydrogen-bond donors (Lipinski definition) is 2. The van der Waals surface area contributed by atoms with Gasteiger partial charge in [0.25, 0.3) is 17.6 Å². The van der Waals surface area contributed by atoms with Crippen LogP contribution >= 0.6 is 0 Å². The van der Waals surface area contributed by atoms with Gasteiger partial charge < -0.3 is 25.0 Å². The van der Waals surface area contributed by atoms with Crippen LogP contribution in [0.1, 0.15) is 27.6 Å². The number of aromatic amines is 1. The standard InChI is InChI=1S/C24H21FN6O4/c1-13-12-30(22(33)14-5-3-2-4-6-14)9-10-31(13)23(34)20(32)16-11-27-19-15(7-8-17(25)18(16)19)21-28-24(26)35-29-21/h2-8,11,13,27H,9-10,12H2,1H3,(H2,26,28,29)/t13-/m1/s1. The zero-order valence-electron chi connectivity index (χ0n) is 18.7. The Labute approximate surface area is 198 Å². The Hall–Kier alpha value is -4.54. The zero-order chi connectivity index (χ0) is 24.7. The molecule has 1 atom stereocenters. The summed E-state index contributed by atoms with van der Waals surface area (Å²) in [6.07, 6.45) is 1.29. The number of benzene rings is 2. The van der Waals surface area contributed by atoms with Gasteiger partial charge in [-0.25, -0.2) is 4.39 Å². The van der Waals surface area contributed by atoms with E-state index in [0.717, 1.165) is 6.07 Å². The van der Waals surface area contributed by atoms with Gasteiger partial charge in [0.05, 0.1) is 11.1 Å². The third-order valence-electron chi connectivity index (χ3n) is 6.10. The van der Waals surface area contributed by atoms with Gasteiger partial charge >= 0.3 is 6.01 Å². The highest BCUT2D eigenvalue weighted by atomic mass is 19.1. The topological polar surface area (TPSA) is 138 Å². The number of H-pyrrole nitrogens is 1. The minimum absolute atomic E-state index is 0.0465. The quantitative estimate of drug-likeness (QED) is 0.341. The summed E-state index contributed by atoms with van der Waals surface area (Å²) in [7, 11) is 0. The van der Waals surface area contributed by atoms with Gasteiger partial charge in [-0.15, -0.1) is 0 Å². The molecule has 2 aromatic carbocycles. The number of carbonyl (C=O) groups is 3. The van der Waals surface area contributed by atoms with E-state index in [9.17, 15) is 18.8 Å². The number of nitrogens with two attached hydrogens (primary N) is 1. The van der Waals surface area contributed by atoms with Crippen LogP contribution in [0.5, 0.6) is 0 Å². The van der Waals surface area contributed by atoms with Crippen molar-refractivity contribution in [3.8, 4) is 11.4 Å². The summed E-state index contributed by atoms with van der Waals surface area (Å²) >= 11 is 0. The predicted molar refractivity (Wildman–Crippen MR) is 124 cm³/mol. The second kappa shape index (κ2) is 8.67. The third kappa shape index (κ3) is 3.90. The number of nitrogen functional groups attached to an aromatic ring is 1. The second-order valence-corrected chi connectivity index (χ2v) is 8.30. The van der Waals surface area contributed by atoms with Crippen LogP contribution in [0.15, 0.2) is 53.2 Å². The molecule has 178 valence electrons. The number of halogens is 1. The van der Waals surface area contributed by atoms with Crippen LogP contribution in [0.25, 0.3) is 22.3 Å². The number of amides is 2. The maximum Gasteiger partial charge on any atom is 0.319 e. The Morgan fingerprint density at radius 1 is 1.14 bits per heavy atom. The molecule has 1 fully saturated rings. The molecule has 1 saturated heterocycles. The van der Waals surface area contributed by atoms with Gasteiger partial charge in [0, 0.05) is 48.4 Å². The van der Waals surface area contributed by atoms with Crippen molar-refractivity contribution in [1.29, 1.82) is 0 Å². The fourth-order valence-corrected chi connectivity index (χ4v) is 4.37. The number of fused-ring (bicyclic) bond motifs is 1. The molecular formula is C24H21FN6O4. The lowest BCUT2D eigenvalue weighted by Gasteiger charge is -2.39. The Morgan fingerprint density at radius 3 is 2.60 bits per heavy atom. The van der Waals surface area contributed by atoms with Gasteiger partial charge in [-0.2, -0.15) is 4.98 Å². The van der Waals surface area contributed by atoms with Crippen LogP contribution in [0.4, 0.5) is 10.4 Å². The summed E-state index contributed by atoms with van der Waals surface area (Å²) in [6, 6.07) is 10.9. The first kappa shape index (κ1) is 22.3. The lowest BCUT2D eigenvalue weighted by molar-refractivity contribution is -0.130. The summed E-state index contributed by atoms with van der Waals surface area (Å²) in [4.78, 5) is 48.9. The van der Waals surface area contributed by atoms with Crippen molar-refractivity contribution in [3.05, 3.63) is 65.6 Å². The number of Topliss-reactive ketones (excluding diaryl/α,β-unsaturated/α-hetero) is 1. The Kier molecular flexibility index (Phi) is 5.51. The molecule has 0 bridgehead atoms. The predicted octanol–water partition coefficient (Wildman–Crippen LogP) is 2.50. The van der Waals surface area contributed by atoms with Crippen molar-refractivity contribution in [2.75, 3.05) is 25.4 Å². The fourth-order valence-electron chi connectivity index (χ4n) is 4.37. The summed E-state index contributed by atoms with van der Waals surface area (Å²) in [5.74, 6) is -2.31. The smallest absolute Gasteiger partial charge is 0.319 e. The van der Waals surface area contributed by atoms with E-state index in [1.165, 1.54) is 17.2 Å². The highest BCUT2D eigenvalue weighted by Gasteiger charge is 2.35. The van der Waals surface area contributed by atoms with Crippen LogP contribution in [0.2, 0.25) is 0 Å². The highest BCUT2D eigenvalue weighted by molar-refractivity contribution is 6.45. The maximum atomic E-state index is 14.8. The van der Waals surface area contributed by atoms with Crippen LogP contribution in [0, 0.1) is 5.82 Å². The summed E-state index contributed by atoms with van der Waals surface area (Å²) in [5, 5.41) is 3.69. The Bertz CT molecular complexity index is 1450. The van der Waals surface area contributed by atoms with E-state index >= 15 is 0 Å². The van der Waals surface area contributed by atoms with Crippen LogP contribution < -0.4 is 5.73 Å². The first-order valence-electron chi connectivity index (χ1n) is 10.9. The second-order valence-electron chi connectivity index (χ2n) is 8.30. The first-order chi connectivity index (χ1) is 16.8. The van der Waals surface area contributed by atoms with Crippen LogP contribution in [0.3, 0.4) is 0 Å². The molecule has 4 aromatic rings. The first-order valence-corrected chi connectivity index (χ1v) is 10.9. The van der Waals surface area contributed by atoms with E-state index in [0.29, 0.717) is 11.1 Å². The summed E-state index contributed by atoms with van der Waals surface area (Å²) < 4.78 is 19.6. The average molecular weight is 476 g/mol. The Morgan fingerprint density at radius 2 is 1.91 bits per heavy atom. The van der Waals surface area contributed by atoms with Crippen molar-refractivity contribution >= 4 is 34.5 Å². The molecule has 0 aliphatic carbocycles. The number of rotatable bonds is 4. The molecule has 0 radical (unpaired) electrons. The average Bonchev–Trinajstić information content (AvgIpc) is 3.51. The minimum atomic E-state index is -0.852. The number of ketones is 1. The maximum absolute atomic E-state index is 14.8. The summed E-state index contributed by atoms with van der Waals surface area (Å²) in [5.41, 5.74) is 6.56. The Balaban J connectivity index is 1.38. The molecule has 3 heterocycles. The molecule has 35 heavy (non-hydrogen) atoms. The minimum Gasteiger partial charge on any atom is -0.360 e. The van der Waals surface area contributed by atoms with Crippen molar-refractivity contribution in [2.24, 2.45) is 0 Å². The highest BCUT2D eigenvalue weighted by Crippen LogP contribution is 2.31. The number of aromatic nitrogens is 3. The van der Waals surface area contributed by atoms with Gasteiger partial charge in [-0.3, -0.25) is 14.4 Å². The van der Waals surface area contributed by atoms with E-state index < -0.39 is 23.5 Å². The van der Waals surface area contributed by atoms with Crippen molar-refractivity contribution < 1.29 is 23.3 Å². The number of carbonyl (C=O) groups excluding carboxylic acids is 3. The van der Waals surface area contributed by atoms with Gasteiger partial charge in [0.2, 0.25) is 5.82 Å². The fraction of sp³-hybridized carbons (Fsp3) is 0.208. The van der Waals surface area contributed by atoms with Gasteiger partial charge in [-0.05, 0) is 31.2 Å². The van der Waals surface area contributed by atoms with Gasteiger partial charge in [-0.1, -0.05) is 23.4 Å². The molecule has 2 aromatic heterocycles. The number of anilines is 1. The van der Waals surface area contributed by atoms with Crippen molar-refractivity contribution in [3.63, 3.8) is 0 Å². The van der Waals surface area contributed by atoms with Crippen molar-refractivity contribution in [1.82, 2.24) is 24.9 Å². The van der Waals surface area contributed by atoms with E-state index in [1.54, 1.807) is 36.1 Å². The number of nitrogens with zero attached hydrogens (tertiary/aromatic N) is 4. The van der Waals surface area contributed by atoms with E-state index in [2.05, 4.69) is 15.1 Å². The van der Waals surface area contributed by atoms with E-state index in [4.69, 9.17) is 10.3 Å². The van der Waals surface area contributed by atoms with Crippen molar-refractivity contribution in [2.45, 2.75) is 13.0 Å². The van der Waals surface area contributed by atoms with Gasteiger partial charge in [0.15, 0.2) is 0 Å². The monoisotopic (exact) mass is 476 g/mol. The molecule has 5 rings (SSSR count). The molecule has 1 aliphatic heterocycles. The van der Waals surface area contributed by atoms with E-state index in [-0.39, 0.29) is 53.8 Å². The van der Waals surface area contributed by atoms with E-state index in [1.807, 2.05) is 6.07 Å². The largest absolute Gasteiger partial charge is 0.360 e. The number of piperazine rings is 1. The number of nitrogens with one attached hydrogen (secondary N) is 1. The normalized spacial score (nSPS) is 16.0. The molecule has 1 aliphatic rings. The molecule has 3 N–H and O–H groups in total. The molecule has 0 saturated carbocycles. The lowest BCUT2D eigenvalue weighted by Crippen LogP contribution is -2.56. The number of hydrogen-bond acceptors (Lipinski definition) is 7. The summed E-state index contributed by atoms with van der Waals surface area (Å²) in [6.45, 7) is 2.51. The third-order valence-corrected chi connectivity index (χ3v) is 6.10. The van der Waals surface area contributed by atoms with Gasteiger partial charge in [0.1, 0.15) is 5.82 Å². The zero-order valence-corrected chi connectivity index (χ0v) is 18.7. The SMILES string of the molecule is C[C@@H]1CN(C(=O)c2ccccc2)CCN1C(=O)C(=O)c1c[nH]c2c(-c3noc(N)n3)ccc(F)c12. The van der Waals surface area contributed by atoms with Crippen LogP contribution in [-0.4, -0.2) is 68.2 Å². The molecule has 10 nitrogen and oxygen atoms in total. The molecule has 0 unspecified atom stereocenters. The molecule has 2 amide bonds. The molecule has 0 spiro atoms. The lowest BCUT2D eigenvalue weighted by atomic mass is 10.0. The van der Waals surface area contributed by atoms with Crippen LogP contribution in [-0.2, 0) is 4.79 Å². The molecular weight excluding hydrogens is 455 g/mol. The molecule has 11 heteroatoms.